The average Bonchev–Trinajstić information content (AvgIpc) is 3.11. The van der Waals surface area contributed by atoms with Gasteiger partial charge in [-0.3, -0.25) is 0 Å². The third kappa shape index (κ3) is 5.07. The minimum Gasteiger partial charge on any atom is -0.363 e. The quantitative estimate of drug-likeness (QED) is 0.332. The highest BCUT2D eigenvalue weighted by atomic mass is 127. The van der Waals surface area contributed by atoms with E-state index < -0.39 is 29.9 Å². The SMILES string of the molecule is CC1(C)O[C@@H]([C@@H]2OC(C)(C)O[C@@H]2CI)[C@H]([C@H](C=O)OCc2ccccc2)O1. The van der Waals surface area contributed by atoms with Crippen molar-refractivity contribution >= 4 is 28.9 Å². The van der Waals surface area contributed by atoms with E-state index in [4.69, 9.17) is 23.7 Å². The molecule has 0 bridgehead atoms. The van der Waals surface area contributed by atoms with Gasteiger partial charge in [-0.2, -0.15) is 0 Å². The number of ether oxygens (including phenoxy) is 5. The van der Waals surface area contributed by atoms with E-state index in [0.717, 1.165) is 16.3 Å². The monoisotopic (exact) mass is 490 g/mol. The lowest BCUT2D eigenvalue weighted by Gasteiger charge is -2.28. The Labute approximate surface area is 174 Å². The van der Waals surface area contributed by atoms with Crippen molar-refractivity contribution in [3.8, 4) is 0 Å². The van der Waals surface area contributed by atoms with Gasteiger partial charge in [0.2, 0.25) is 0 Å². The number of hydrogen-bond donors (Lipinski definition) is 0. The molecule has 0 aliphatic carbocycles. The molecule has 0 radical (unpaired) electrons. The molecule has 2 heterocycles. The predicted octanol–water partition coefficient (Wildman–Crippen LogP) is 3.25. The standard InChI is InChI=1S/C20H27IO6/c1-19(2)24-14(10-21)16(25-19)18-17(26-20(3,4)27-18)15(11-22)23-12-13-8-6-5-7-9-13/h5-9,11,14-18H,10,12H2,1-4H3/t14-,15+,16-,17+,18+/m1/s1. The summed E-state index contributed by atoms with van der Waals surface area (Å²) in [6, 6.07) is 9.73. The van der Waals surface area contributed by atoms with Crippen LogP contribution in [-0.4, -0.2) is 52.8 Å². The van der Waals surface area contributed by atoms with Crippen LogP contribution < -0.4 is 0 Å². The zero-order valence-corrected chi connectivity index (χ0v) is 18.3. The van der Waals surface area contributed by atoms with E-state index in [0.29, 0.717) is 6.61 Å². The topological polar surface area (TPSA) is 63.2 Å². The van der Waals surface area contributed by atoms with Crippen molar-refractivity contribution in [2.45, 2.75) is 76.4 Å². The molecule has 2 saturated heterocycles. The fourth-order valence-electron chi connectivity index (χ4n) is 3.56. The second-order valence-corrected chi connectivity index (χ2v) is 8.64. The van der Waals surface area contributed by atoms with Gasteiger partial charge in [0.25, 0.3) is 0 Å². The number of carbonyl (C=O) groups is 1. The van der Waals surface area contributed by atoms with Gasteiger partial charge >= 0.3 is 0 Å². The summed E-state index contributed by atoms with van der Waals surface area (Å²) in [6.45, 7) is 7.75. The normalized spacial score (nSPS) is 33.1. The van der Waals surface area contributed by atoms with E-state index in [9.17, 15) is 4.79 Å². The Morgan fingerprint density at radius 2 is 1.67 bits per heavy atom. The van der Waals surface area contributed by atoms with Crippen LogP contribution in [0.5, 0.6) is 0 Å². The Hall–Kier alpha value is -0.580. The van der Waals surface area contributed by atoms with Crippen LogP contribution in [0.3, 0.4) is 0 Å². The summed E-state index contributed by atoms with van der Waals surface area (Å²) in [7, 11) is 0. The Balaban J connectivity index is 1.77. The van der Waals surface area contributed by atoms with Gasteiger partial charge in [0.1, 0.15) is 24.4 Å². The predicted molar refractivity (Wildman–Crippen MR) is 108 cm³/mol. The highest BCUT2D eigenvalue weighted by molar-refractivity contribution is 14.1. The van der Waals surface area contributed by atoms with Gasteiger partial charge in [0, 0.05) is 4.43 Å². The lowest BCUT2D eigenvalue weighted by atomic mass is 10.0. The molecule has 3 rings (SSSR count). The molecule has 2 aliphatic rings. The number of hydrogen-bond acceptors (Lipinski definition) is 6. The first-order valence-electron chi connectivity index (χ1n) is 9.13. The van der Waals surface area contributed by atoms with Crippen molar-refractivity contribution < 1.29 is 28.5 Å². The van der Waals surface area contributed by atoms with Crippen molar-refractivity contribution in [2.75, 3.05) is 4.43 Å². The molecule has 27 heavy (non-hydrogen) atoms. The Kier molecular flexibility index (Phi) is 6.59. The molecule has 0 unspecified atom stereocenters. The summed E-state index contributed by atoms with van der Waals surface area (Å²) >= 11 is 2.27. The molecule has 7 heteroatoms. The number of alkyl halides is 1. The molecule has 0 saturated carbocycles. The molecule has 2 aliphatic heterocycles. The fraction of sp³-hybridized carbons (Fsp3) is 0.650. The maximum atomic E-state index is 11.8. The minimum atomic E-state index is -0.835. The molecule has 6 nitrogen and oxygen atoms in total. The van der Waals surface area contributed by atoms with E-state index >= 15 is 0 Å². The van der Waals surface area contributed by atoms with Crippen molar-refractivity contribution in [3.05, 3.63) is 35.9 Å². The summed E-state index contributed by atoms with van der Waals surface area (Å²) in [5.41, 5.74) is 0.991. The highest BCUT2D eigenvalue weighted by Gasteiger charge is 2.55. The van der Waals surface area contributed by atoms with E-state index in [-0.39, 0.29) is 12.2 Å². The van der Waals surface area contributed by atoms with Gasteiger partial charge in [-0.1, -0.05) is 52.9 Å². The lowest BCUT2D eigenvalue weighted by molar-refractivity contribution is -0.176. The number of halogens is 1. The summed E-state index contributed by atoms with van der Waals surface area (Å²) < 4.78 is 30.9. The van der Waals surface area contributed by atoms with Crippen LogP contribution in [-0.2, 0) is 35.1 Å². The largest absolute Gasteiger partial charge is 0.363 e. The van der Waals surface area contributed by atoms with Gasteiger partial charge in [-0.15, -0.1) is 0 Å². The van der Waals surface area contributed by atoms with E-state index in [1.165, 1.54) is 0 Å². The molecule has 2 fully saturated rings. The van der Waals surface area contributed by atoms with E-state index in [1.807, 2.05) is 58.0 Å². The average molecular weight is 490 g/mol. The number of benzene rings is 1. The van der Waals surface area contributed by atoms with Crippen LogP contribution in [0.2, 0.25) is 0 Å². The number of carbonyl (C=O) groups excluding carboxylic acids is 1. The van der Waals surface area contributed by atoms with Crippen LogP contribution in [0, 0.1) is 0 Å². The highest BCUT2D eigenvalue weighted by Crippen LogP contribution is 2.40. The molecule has 0 aromatic heterocycles. The lowest BCUT2D eigenvalue weighted by Crippen LogP contribution is -2.48. The molecule has 5 atom stereocenters. The summed E-state index contributed by atoms with van der Waals surface area (Å²) in [4.78, 5) is 11.8. The molecule has 1 aromatic rings. The zero-order valence-electron chi connectivity index (χ0n) is 16.1. The van der Waals surface area contributed by atoms with Crippen LogP contribution in [0.1, 0.15) is 33.3 Å². The molecular formula is C20H27IO6. The first-order valence-corrected chi connectivity index (χ1v) is 10.7. The summed E-state index contributed by atoms with van der Waals surface area (Å²) in [5.74, 6) is -1.54. The Bertz CT molecular complexity index is 635. The molecule has 0 spiro atoms. The van der Waals surface area contributed by atoms with Gasteiger partial charge in [-0.05, 0) is 33.3 Å². The van der Waals surface area contributed by atoms with Gasteiger partial charge in [0.15, 0.2) is 17.9 Å². The van der Waals surface area contributed by atoms with Crippen molar-refractivity contribution in [1.29, 1.82) is 0 Å². The van der Waals surface area contributed by atoms with Crippen molar-refractivity contribution in [3.63, 3.8) is 0 Å². The number of rotatable bonds is 7. The van der Waals surface area contributed by atoms with Gasteiger partial charge in [0.05, 0.1) is 12.7 Å². The molecule has 1 aromatic carbocycles. The second-order valence-electron chi connectivity index (χ2n) is 7.75. The zero-order chi connectivity index (χ0) is 19.7. The second kappa shape index (κ2) is 8.42. The fourth-order valence-corrected chi connectivity index (χ4v) is 4.25. The van der Waals surface area contributed by atoms with E-state index in [1.54, 1.807) is 0 Å². The molecule has 0 N–H and O–H groups in total. The molecular weight excluding hydrogens is 463 g/mol. The van der Waals surface area contributed by atoms with Crippen LogP contribution in [0.25, 0.3) is 0 Å². The Morgan fingerprint density at radius 3 is 2.30 bits per heavy atom. The molecule has 0 amide bonds. The third-order valence-electron chi connectivity index (χ3n) is 4.60. The number of aldehydes is 1. The van der Waals surface area contributed by atoms with Crippen LogP contribution in [0.4, 0.5) is 0 Å². The summed E-state index contributed by atoms with van der Waals surface area (Å²) in [6.07, 6.45) is -1.51. The minimum absolute atomic E-state index is 0.146. The van der Waals surface area contributed by atoms with Crippen molar-refractivity contribution in [2.24, 2.45) is 0 Å². The smallest absolute Gasteiger partial charge is 0.164 e. The van der Waals surface area contributed by atoms with Gasteiger partial charge < -0.3 is 28.5 Å². The van der Waals surface area contributed by atoms with Crippen LogP contribution >= 0.6 is 22.6 Å². The van der Waals surface area contributed by atoms with Crippen molar-refractivity contribution in [1.82, 2.24) is 0 Å². The maximum Gasteiger partial charge on any atom is 0.164 e. The summed E-state index contributed by atoms with van der Waals surface area (Å²) in [5, 5.41) is 0. The van der Waals surface area contributed by atoms with Crippen LogP contribution in [0.15, 0.2) is 30.3 Å². The van der Waals surface area contributed by atoms with Gasteiger partial charge in [-0.25, -0.2) is 0 Å². The first kappa shape index (κ1) is 21.1. The first-order chi connectivity index (χ1) is 12.7. The van der Waals surface area contributed by atoms with E-state index in [2.05, 4.69) is 22.6 Å². The molecule has 150 valence electrons. The maximum absolute atomic E-state index is 11.8. The Morgan fingerprint density at radius 1 is 1.04 bits per heavy atom. The third-order valence-corrected chi connectivity index (χ3v) is 5.47.